The standard InChI is InChI=1S/C26H35FN4O2S/c1-18-5-3-4-13-30(18)16-12-28-23(32)17-20-10-14-31(15-11-20)26(33)24-19(2)29-25(34-24)21-6-8-22(27)9-7-21/h6-9,18,20H,3-5,10-17H2,1-2H3,(H,28,32)/t18-/m0/s1. The van der Waals surface area contributed by atoms with E-state index in [4.69, 9.17) is 0 Å². The summed E-state index contributed by atoms with van der Waals surface area (Å²) >= 11 is 1.36. The number of carbonyl (C=O) groups excluding carboxylic acids is 2. The van der Waals surface area contributed by atoms with Crippen LogP contribution in [-0.4, -0.2) is 65.4 Å². The minimum atomic E-state index is -0.290. The lowest BCUT2D eigenvalue weighted by atomic mass is 9.93. The fraction of sp³-hybridized carbons (Fsp3) is 0.577. The van der Waals surface area contributed by atoms with Crippen molar-refractivity contribution in [2.45, 2.75) is 58.4 Å². The number of rotatable bonds is 7. The Bertz CT molecular complexity index is 985. The quantitative estimate of drug-likeness (QED) is 0.626. The largest absolute Gasteiger partial charge is 0.355 e. The molecule has 2 fully saturated rings. The molecule has 2 saturated heterocycles. The van der Waals surface area contributed by atoms with Crippen molar-refractivity contribution < 1.29 is 14.0 Å². The van der Waals surface area contributed by atoms with Crippen LogP contribution in [0, 0.1) is 18.7 Å². The minimum absolute atomic E-state index is 0.00177. The molecule has 0 aliphatic carbocycles. The number of benzene rings is 1. The summed E-state index contributed by atoms with van der Waals surface area (Å²) in [5, 5.41) is 3.82. The number of thiazole rings is 1. The number of nitrogens with one attached hydrogen (secondary N) is 1. The molecule has 4 rings (SSSR count). The van der Waals surface area contributed by atoms with E-state index in [2.05, 4.69) is 22.1 Å². The van der Waals surface area contributed by atoms with Crippen molar-refractivity contribution in [3.63, 3.8) is 0 Å². The lowest BCUT2D eigenvalue weighted by molar-refractivity contribution is -0.122. The molecule has 2 aliphatic rings. The topological polar surface area (TPSA) is 65.5 Å². The Hall–Kier alpha value is -2.32. The van der Waals surface area contributed by atoms with Crippen LogP contribution in [-0.2, 0) is 4.79 Å². The van der Waals surface area contributed by atoms with Crippen LogP contribution in [0.15, 0.2) is 24.3 Å². The number of amides is 2. The first-order valence-corrected chi connectivity index (χ1v) is 13.3. The fourth-order valence-electron chi connectivity index (χ4n) is 4.96. The summed E-state index contributed by atoms with van der Waals surface area (Å²) in [5.74, 6) is 0.148. The zero-order chi connectivity index (χ0) is 24.1. The molecule has 1 N–H and O–H groups in total. The van der Waals surface area contributed by atoms with Crippen molar-refractivity contribution in [2.75, 3.05) is 32.7 Å². The fourth-order valence-corrected chi connectivity index (χ4v) is 6.00. The first kappa shape index (κ1) is 24.8. The van der Waals surface area contributed by atoms with Crippen LogP contribution in [0.4, 0.5) is 4.39 Å². The highest BCUT2D eigenvalue weighted by molar-refractivity contribution is 7.17. The number of hydrogen-bond acceptors (Lipinski definition) is 5. The lowest BCUT2D eigenvalue weighted by Crippen LogP contribution is -2.43. The smallest absolute Gasteiger partial charge is 0.265 e. The van der Waals surface area contributed by atoms with E-state index in [0.717, 1.165) is 36.5 Å². The monoisotopic (exact) mass is 486 g/mol. The van der Waals surface area contributed by atoms with Crippen LogP contribution in [0.3, 0.4) is 0 Å². The molecule has 0 unspecified atom stereocenters. The molecule has 0 saturated carbocycles. The van der Waals surface area contributed by atoms with Crippen molar-refractivity contribution in [3.05, 3.63) is 40.7 Å². The number of nitrogens with zero attached hydrogens (tertiary/aromatic N) is 3. The van der Waals surface area contributed by atoms with Gasteiger partial charge in [-0.3, -0.25) is 14.5 Å². The van der Waals surface area contributed by atoms with Crippen LogP contribution in [0.1, 0.15) is 60.8 Å². The van der Waals surface area contributed by atoms with Gasteiger partial charge in [0.25, 0.3) is 5.91 Å². The molecule has 1 aromatic heterocycles. The van der Waals surface area contributed by atoms with Gasteiger partial charge in [0, 0.05) is 44.2 Å². The third-order valence-corrected chi connectivity index (χ3v) is 8.31. The van der Waals surface area contributed by atoms with Crippen molar-refractivity contribution >= 4 is 23.2 Å². The maximum Gasteiger partial charge on any atom is 0.265 e. The Morgan fingerprint density at radius 1 is 1.12 bits per heavy atom. The molecular formula is C26H35FN4O2S. The Balaban J connectivity index is 1.22. The van der Waals surface area contributed by atoms with Gasteiger partial charge >= 0.3 is 0 Å². The van der Waals surface area contributed by atoms with Crippen molar-refractivity contribution in [3.8, 4) is 10.6 Å². The summed E-state index contributed by atoms with van der Waals surface area (Å²) in [4.78, 5) is 35.1. The number of carbonyl (C=O) groups is 2. The van der Waals surface area contributed by atoms with E-state index in [9.17, 15) is 14.0 Å². The third-order valence-electron chi connectivity index (χ3n) is 7.12. The first-order valence-electron chi connectivity index (χ1n) is 12.4. The Labute approximate surface area is 205 Å². The Morgan fingerprint density at radius 2 is 1.85 bits per heavy atom. The molecule has 0 spiro atoms. The Kier molecular flexibility index (Phi) is 8.32. The Morgan fingerprint density at radius 3 is 2.56 bits per heavy atom. The van der Waals surface area contributed by atoms with Crippen molar-refractivity contribution in [1.82, 2.24) is 20.1 Å². The maximum atomic E-state index is 13.2. The van der Waals surface area contributed by atoms with Gasteiger partial charge in [0.1, 0.15) is 15.7 Å². The van der Waals surface area contributed by atoms with E-state index < -0.39 is 0 Å². The second-order valence-electron chi connectivity index (χ2n) is 9.61. The molecule has 0 radical (unpaired) electrons. The van der Waals surface area contributed by atoms with Crippen LogP contribution in [0.2, 0.25) is 0 Å². The number of likely N-dealkylation sites (tertiary alicyclic amines) is 2. The second kappa shape index (κ2) is 11.4. The molecule has 2 aliphatic heterocycles. The van der Waals surface area contributed by atoms with E-state index in [1.807, 2.05) is 11.8 Å². The maximum absolute atomic E-state index is 13.2. The van der Waals surface area contributed by atoms with Crippen molar-refractivity contribution in [2.24, 2.45) is 5.92 Å². The van der Waals surface area contributed by atoms with Crippen LogP contribution in [0.5, 0.6) is 0 Å². The summed E-state index contributed by atoms with van der Waals surface area (Å²) in [6, 6.07) is 6.80. The highest BCUT2D eigenvalue weighted by Crippen LogP contribution is 2.30. The lowest BCUT2D eigenvalue weighted by Gasteiger charge is -2.33. The highest BCUT2D eigenvalue weighted by Gasteiger charge is 2.28. The first-order chi connectivity index (χ1) is 16.4. The molecule has 2 amide bonds. The SMILES string of the molecule is Cc1nc(-c2ccc(F)cc2)sc1C(=O)N1CCC(CC(=O)NCCN2CCCC[C@@H]2C)CC1. The van der Waals surface area contributed by atoms with E-state index in [1.54, 1.807) is 12.1 Å². The molecule has 1 atom stereocenters. The van der Waals surface area contributed by atoms with E-state index >= 15 is 0 Å². The van der Waals surface area contributed by atoms with E-state index in [-0.39, 0.29) is 17.6 Å². The minimum Gasteiger partial charge on any atom is -0.355 e. The molecule has 6 nitrogen and oxygen atoms in total. The van der Waals surface area contributed by atoms with Gasteiger partial charge in [-0.25, -0.2) is 9.37 Å². The van der Waals surface area contributed by atoms with Crippen molar-refractivity contribution in [1.29, 1.82) is 0 Å². The summed E-state index contributed by atoms with van der Waals surface area (Å²) in [6.45, 7) is 8.20. The van der Waals surface area contributed by atoms with Gasteiger partial charge < -0.3 is 10.2 Å². The molecule has 184 valence electrons. The summed E-state index contributed by atoms with van der Waals surface area (Å²) < 4.78 is 13.2. The predicted octanol–water partition coefficient (Wildman–Crippen LogP) is 4.49. The average molecular weight is 487 g/mol. The van der Waals surface area contributed by atoms with Gasteiger partial charge in [-0.2, -0.15) is 0 Å². The third kappa shape index (κ3) is 6.21. The van der Waals surface area contributed by atoms with Gasteiger partial charge in [0.15, 0.2) is 0 Å². The number of aromatic nitrogens is 1. The zero-order valence-corrected chi connectivity index (χ0v) is 21.0. The zero-order valence-electron chi connectivity index (χ0n) is 20.2. The molecule has 34 heavy (non-hydrogen) atoms. The van der Waals surface area contributed by atoms with Gasteiger partial charge in [-0.05, 0) is 76.3 Å². The molecule has 8 heteroatoms. The van der Waals surface area contributed by atoms with Gasteiger partial charge in [0.05, 0.1) is 5.69 Å². The predicted molar refractivity (Wildman–Crippen MR) is 133 cm³/mol. The summed E-state index contributed by atoms with van der Waals surface area (Å²) in [7, 11) is 0. The summed E-state index contributed by atoms with van der Waals surface area (Å²) in [6.07, 6.45) is 6.02. The molecule has 3 heterocycles. The average Bonchev–Trinajstić information content (AvgIpc) is 3.22. The van der Waals surface area contributed by atoms with Gasteiger partial charge in [0.2, 0.25) is 5.91 Å². The molecular weight excluding hydrogens is 451 g/mol. The molecule has 1 aromatic carbocycles. The normalized spacial score (nSPS) is 19.9. The molecule has 2 aromatic rings. The second-order valence-corrected chi connectivity index (χ2v) is 10.6. The van der Waals surface area contributed by atoms with Crippen LogP contribution < -0.4 is 5.32 Å². The number of piperidine rings is 2. The number of aryl methyl sites for hydroxylation is 1. The molecule has 0 bridgehead atoms. The van der Waals surface area contributed by atoms with E-state index in [0.29, 0.717) is 48.6 Å². The van der Waals surface area contributed by atoms with Crippen LogP contribution in [0.25, 0.3) is 10.6 Å². The highest BCUT2D eigenvalue weighted by atomic mass is 32.1. The van der Waals surface area contributed by atoms with Crippen LogP contribution >= 0.6 is 11.3 Å². The number of halogens is 1. The van der Waals surface area contributed by atoms with Gasteiger partial charge in [-0.1, -0.05) is 6.42 Å². The van der Waals surface area contributed by atoms with Gasteiger partial charge in [-0.15, -0.1) is 11.3 Å². The number of hydrogen-bond donors (Lipinski definition) is 1. The van der Waals surface area contributed by atoms with E-state index in [1.165, 1.54) is 42.7 Å². The summed E-state index contributed by atoms with van der Waals surface area (Å²) in [5.41, 5.74) is 1.52.